The first kappa shape index (κ1) is 12.5. The molecule has 1 unspecified atom stereocenters. The molecule has 0 saturated heterocycles. The molecular weight excluding hydrogens is 222 g/mol. The molecule has 1 aromatic carbocycles. The smallest absolute Gasteiger partial charge is 0.162 e. The standard InChI is InChI=1S/C13H18F2N2/c14-11-7-3-6-10(13(11)15)8-12(17-16)9-4-1-2-5-9/h3,6-7,9,12,17H,1-2,4-5,8,16H2. The van der Waals surface area contributed by atoms with Gasteiger partial charge in [0.15, 0.2) is 11.6 Å². The average molecular weight is 240 g/mol. The van der Waals surface area contributed by atoms with Gasteiger partial charge < -0.3 is 0 Å². The van der Waals surface area contributed by atoms with Crippen molar-refractivity contribution < 1.29 is 8.78 Å². The predicted octanol–water partition coefficient (Wildman–Crippen LogP) is 2.53. The molecule has 4 heteroatoms. The van der Waals surface area contributed by atoms with Crippen LogP contribution < -0.4 is 11.3 Å². The number of nitrogens with two attached hydrogens (primary N) is 1. The Labute approximate surface area is 100 Å². The molecule has 1 aliphatic rings. The van der Waals surface area contributed by atoms with Crippen LogP contribution in [0.4, 0.5) is 8.78 Å². The summed E-state index contributed by atoms with van der Waals surface area (Å²) in [6, 6.07) is 4.33. The third kappa shape index (κ3) is 2.82. The summed E-state index contributed by atoms with van der Waals surface area (Å²) < 4.78 is 26.6. The van der Waals surface area contributed by atoms with Gasteiger partial charge >= 0.3 is 0 Å². The van der Waals surface area contributed by atoms with E-state index in [9.17, 15) is 8.78 Å². The van der Waals surface area contributed by atoms with Crippen molar-refractivity contribution in [3.63, 3.8) is 0 Å². The van der Waals surface area contributed by atoms with Gasteiger partial charge in [0.05, 0.1) is 0 Å². The SMILES string of the molecule is NNC(Cc1cccc(F)c1F)C1CCCC1. The Hall–Kier alpha value is -1.00. The summed E-state index contributed by atoms with van der Waals surface area (Å²) in [5.74, 6) is 4.47. The summed E-state index contributed by atoms with van der Waals surface area (Å²) in [4.78, 5) is 0. The van der Waals surface area contributed by atoms with Gasteiger partial charge in [0.1, 0.15) is 0 Å². The fraction of sp³-hybridized carbons (Fsp3) is 0.538. The summed E-state index contributed by atoms with van der Waals surface area (Å²) in [6.07, 6.45) is 5.09. The van der Waals surface area contributed by atoms with Crippen LogP contribution in [0.25, 0.3) is 0 Å². The van der Waals surface area contributed by atoms with Crippen molar-refractivity contribution in [2.75, 3.05) is 0 Å². The van der Waals surface area contributed by atoms with E-state index in [2.05, 4.69) is 5.43 Å². The van der Waals surface area contributed by atoms with Crippen molar-refractivity contribution in [1.82, 2.24) is 5.43 Å². The Kier molecular flexibility index (Phi) is 4.07. The minimum atomic E-state index is -0.787. The van der Waals surface area contributed by atoms with Crippen molar-refractivity contribution >= 4 is 0 Å². The van der Waals surface area contributed by atoms with Gasteiger partial charge in [-0.3, -0.25) is 11.3 Å². The van der Waals surface area contributed by atoms with Crippen LogP contribution in [0.3, 0.4) is 0 Å². The highest BCUT2D eigenvalue weighted by atomic mass is 19.2. The van der Waals surface area contributed by atoms with Crippen LogP contribution in [0, 0.1) is 17.6 Å². The molecule has 2 rings (SSSR count). The van der Waals surface area contributed by atoms with E-state index in [0.29, 0.717) is 17.9 Å². The van der Waals surface area contributed by atoms with Gasteiger partial charge in [-0.15, -0.1) is 0 Å². The zero-order valence-corrected chi connectivity index (χ0v) is 9.76. The van der Waals surface area contributed by atoms with Crippen molar-refractivity contribution in [3.8, 4) is 0 Å². The lowest BCUT2D eigenvalue weighted by atomic mass is 9.92. The van der Waals surface area contributed by atoms with E-state index in [1.54, 1.807) is 6.07 Å². The zero-order valence-electron chi connectivity index (χ0n) is 9.76. The van der Waals surface area contributed by atoms with Gasteiger partial charge in [-0.25, -0.2) is 8.78 Å². The van der Waals surface area contributed by atoms with Crippen molar-refractivity contribution in [3.05, 3.63) is 35.4 Å². The Balaban J connectivity index is 2.09. The Morgan fingerprint density at radius 1 is 1.29 bits per heavy atom. The van der Waals surface area contributed by atoms with E-state index >= 15 is 0 Å². The zero-order chi connectivity index (χ0) is 12.3. The third-order valence-electron chi connectivity index (χ3n) is 3.65. The highest BCUT2D eigenvalue weighted by molar-refractivity contribution is 5.20. The van der Waals surface area contributed by atoms with Crippen LogP contribution in [0.1, 0.15) is 31.2 Å². The molecular formula is C13H18F2N2. The Morgan fingerprint density at radius 3 is 2.65 bits per heavy atom. The molecule has 1 fully saturated rings. The third-order valence-corrected chi connectivity index (χ3v) is 3.65. The van der Waals surface area contributed by atoms with Crippen LogP contribution in [0.15, 0.2) is 18.2 Å². The van der Waals surface area contributed by atoms with Gasteiger partial charge in [0, 0.05) is 6.04 Å². The number of hydrogen-bond acceptors (Lipinski definition) is 2. The van der Waals surface area contributed by atoms with E-state index < -0.39 is 11.6 Å². The number of nitrogens with one attached hydrogen (secondary N) is 1. The molecule has 1 aromatic rings. The quantitative estimate of drug-likeness (QED) is 0.627. The lowest BCUT2D eigenvalue weighted by Gasteiger charge is -2.22. The lowest BCUT2D eigenvalue weighted by Crippen LogP contribution is -2.41. The maximum atomic E-state index is 13.5. The van der Waals surface area contributed by atoms with Crippen LogP contribution in [0.5, 0.6) is 0 Å². The van der Waals surface area contributed by atoms with E-state index in [-0.39, 0.29) is 6.04 Å². The molecule has 0 aliphatic heterocycles. The molecule has 0 heterocycles. The number of rotatable bonds is 4. The summed E-state index contributed by atoms with van der Waals surface area (Å²) in [7, 11) is 0. The van der Waals surface area contributed by atoms with E-state index in [0.717, 1.165) is 18.9 Å². The number of benzene rings is 1. The number of halogens is 2. The minimum Gasteiger partial charge on any atom is -0.271 e. The van der Waals surface area contributed by atoms with Crippen molar-refractivity contribution in [2.24, 2.45) is 11.8 Å². The second kappa shape index (κ2) is 5.56. The monoisotopic (exact) mass is 240 g/mol. The first-order chi connectivity index (χ1) is 8.22. The predicted molar refractivity (Wildman–Crippen MR) is 63.1 cm³/mol. The van der Waals surface area contributed by atoms with E-state index in [4.69, 9.17) is 5.84 Å². The second-order valence-corrected chi connectivity index (χ2v) is 4.73. The summed E-state index contributed by atoms with van der Waals surface area (Å²) in [6.45, 7) is 0. The molecule has 0 bridgehead atoms. The van der Waals surface area contributed by atoms with Gasteiger partial charge in [0.25, 0.3) is 0 Å². The van der Waals surface area contributed by atoms with Crippen molar-refractivity contribution in [1.29, 1.82) is 0 Å². The maximum absolute atomic E-state index is 13.5. The summed E-state index contributed by atoms with van der Waals surface area (Å²) >= 11 is 0. The Bertz CT molecular complexity index is 376. The largest absolute Gasteiger partial charge is 0.271 e. The van der Waals surface area contributed by atoms with Crippen LogP contribution in [-0.2, 0) is 6.42 Å². The summed E-state index contributed by atoms with van der Waals surface area (Å²) in [5.41, 5.74) is 3.15. The number of hydrogen-bond donors (Lipinski definition) is 2. The first-order valence-corrected chi connectivity index (χ1v) is 6.11. The van der Waals surface area contributed by atoms with Crippen LogP contribution in [-0.4, -0.2) is 6.04 Å². The first-order valence-electron chi connectivity index (χ1n) is 6.11. The lowest BCUT2D eigenvalue weighted by molar-refractivity contribution is 0.355. The molecule has 0 spiro atoms. The normalized spacial score (nSPS) is 18.5. The molecule has 0 radical (unpaired) electrons. The van der Waals surface area contributed by atoms with Crippen LogP contribution >= 0.6 is 0 Å². The molecule has 17 heavy (non-hydrogen) atoms. The average Bonchev–Trinajstić information content (AvgIpc) is 2.85. The fourth-order valence-corrected chi connectivity index (χ4v) is 2.66. The molecule has 2 nitrogen and oxygen atoms in total. The van der Waals surface area contributed by atoms with Crippen LogP contribution in [0.2, 0.25) is 0 Å². The minimum absolute atomic E-state index is 0.0359. The highest BCUT2D eigenvalue weighted by Gasteiger charge is 2.25. The molecule has 1 atom stereocenters. The van der Waals surface area contributed by atoms with Gasteiger partial charge in [-0.2, -0.15) is 0 Å². The molecule has 3 N–H and O–H groups in total. The maximum Gasteiger partial charge on any atom is 0.162 e. The van der Waals surface area contributed by atoms with Crippen molar-refractivity contribution in [2.45, 2.75) is 38.1 Å². The fourth-order valence-electron chi connectivity index (χ4n) is 2.66. The number of hydrazine groups is 1. The van der Waals surface area contributed by atoms with Gasteiger partial charge in [-0.1, -0.05) is 25.0 Å². The topological polar surface area (TPSA) is 38.0 Å². The van der Waals surface area contributed by atoms with E-state index in [1.165, 1.54) is 18.9 Å². The molecule has 1 saturated carbocycles. The van der Waals surface area contributed by atoms with Gasteiger partial charge in [-0.05, 0) is 36.8 Å². The molecule has 0 aromatic heterocycles. The molecule has 0 amide bonds. The Morgan fingerprint density at radius 2 is 2.00 bits per heavy atom. The van der Waals surface area contributed by atoms with Gasteiger partial charge in [0.2, 0.25) is 0 Å². The highest BCUT2D eigenvalue weighted by Crippen LogP contribution is 2.29. The summed E-state index contributed by atoms with van der Waals surface area (Å²) in [5, 5.41) is 0. The van der Waals surface area contributed by atoms with E-state index in [1.807, 2.05) is 0 Å². The molecule has 1 aliphatic carbocycles. The molecule has 94 valence electrons. The second-order valence-electron chi connectivity index (χ2n) is 4.73.